The summed E-state index contributed by atoms with van der Waals surface area (Å²) in [5.74, 6) is -2.12. The normalized spacial score (nSPS) is 28.3. The number of aliphatic hydroxyl groups excluding tert-OH is 1. The number of hydrogen-bond acceptors (Lipinski definition) is 7. The highest BCUT2D eigenvalue weighted by Gasteiger charge is 2.44. The second-order valence-corrected chi connectivity index (χ2v) is 6.68. The molecule has 0 spiro atoms. The van der Waals surface area contributed by atoms with Gasteiger partial charge in [-0.1, -0.05) is 0 Å². The molecular formula is C17H18N4O5. The molecule has 4 rings (SSSR count). The minimum Gasteiger partial charge on any atom is -0.390 e. The zero-order valence-corrected chi connectivity index (χ0v) is 13.8. The van der Waals surface area contributed by atoms with Crippen LogP contribution in [0.15, 0.2) is 18.2 Å². The van der Waals surface area contributed by atoms with Crippen LogP contribution >= 0.6 is 0 Å². The zero-order valence-electron chi connectivity index (χ0n) is 13.8. The van der Waals surface area contributed by atoms with Crippen LogP contribution in [0.4, 0.5) is 5.69 Å². The molecule has 26 heavy (non-hydrogen) atoms. The van der Waals surface area contributed by atoms with Gasteiger partial charge in [-0.2, -0.15) is 0 Å². The maximum Gasteiger partial charge on any atom is 0.262 e. The van der Waals surface area contributed by atoms with E-state index >= 15 is 0 Å². The monoisotopic (exact) mass is 358 g/mol. The van der Waals surface area contributed by atoms with Gasteiger partial charge in [0.05, 0.1) is 23.3 Å². The summed E-state index contributed by atoms with van der Waals surface area (Å²) in [7, 11) is 0. The Morgan fingerprint density at radius 2 is 1.85 bits per heavy atom. The number of amides is 4. The summed E-state index contributed by atoms with van der Waals surface area (Å²) >= 11 is 0. The lowest BCUT2D eigenvalue weighted by Crippen LogP contribution is -2.54. The highest BCUT2D eigenvalue weighted by Crippen LogP contribution is 2.29. The molecule has 9 nitrogen and oxygen atoms in total. The maximum absolute atomic E-state index is 12.7. The first kappa shape index (κ1) is 16.7. The van der Waals surface area contributed by atoms with Crippen LogP contribution in [-0.4, -0.2) is 64.9 Å². The number of anilines is 1. The molecule has 3 aliphatic rings. The van der Waals surface area contributed by atoms with Gasteiger partial charge in [-0.15, -0.1) is 0 Å². The number of carbonyl (C=O) groups is 4. The number of piperidine rings is 1. The molecule has 2 fully saturated rings. The first-order valence-corrected chi connectivity index (χ1v) is 8.46. The second-order valence-electron chi connectivity index (χ2n) is 6.68. The molecule has 4 amide bonds. The quantitative estimate of drug-likeness (QED) is 0.502. The van der Waals surface area contributed by atoms with E-state index < -0.39 is 35.8 Å². The number of fused-ring (bicyclic) bond motifs is 1. The van der Waals surface area contributed by atoms with E-state index in [1.165, 1.54) is 0 Å². The van der Waals surface area contributed by atoms with Gasteiger partial charge in [-0.3, -0.25) is 29.4 Å². The van der Waals surface area contributed by atoms with E-state index in [0.717, 1.165) is 4.90 Å². The van der Waals surface area contributed by atoms with Crippen LogP contribution in [0.3, 0.4) is 0 Å². The second kappa shape index (κ2) is 6.19. The Morgan fingerprint density at radius 1 is 1.08 bits per heavy atom. The van der Waals surface area contributed by atoms with Gasteiger partial charge < -0.3 is 15.7 Å². The average molecular weight is 358 g/mol. The fraction of sp³-hybridized carbons (Fsp3) is 0.412. The lowest BCUT2D eigenvalue weighted by Gasteiger charge is -2.27. The molecule has 0 bridgehead atoms. The SMILES string of the molecule is O=C1CCC(N2C(=O)c3ccc(N[C@@H]4CNC[C@H]4O)cc3C2=O)C(=O)N1. The Bertz CT molecular complexity index is 823. The molecule has 0 aliphatic carbocycles. The third-order valence-electron chi connectivity index (χ3n) is 4.97. The van der Waals surface area contributed by atoms with Gasteiger partial charge in [-0.05, 0) is 24.6 Å². The van der Waals surface area contributed by atoms with Crippen LogP contribution in [0, 0.1) is 0 Å². The summed E-state index contributed by atoms with van der Waals surface area (Å²) in [6.45, 7) is 1.08. The van der Waals surface area contributed by atoms with E-state index in [9.17, 15) is 24.3 Å². The minimum atomic E-state index is -0.975. The average Bonchev–Trinajstić information content (AvgIpc) is 3.11. The molecule has 1 aromatic rings. The van der Waals surface area contributed by atoms with Crippen LogP contribution in [-0.2, 0) is 9.59 Å². The molecule has 0 radical (unpaired) electrons. The number of nitrogens with one attached hydrogen (secondary N) is 3. The van der Waals surface area contributed by atoms with Crippen LogP contribution in [0.2, 0.25) is 0 Å². The molecule has 3 atom stereocenters. The number of carbonyl (C=O) groups excluding carboxylic acids is 4. The van der Waals surface area contributed by atoms with E-state index in [0.29, 0.717) is 18.8 Å². The Labute approximate surface area is 148 Å². The van der Waals surface area contributed by atoms with E-state index in [1.54, 1.807) is 18.2 Å². The molecule has 9 heteroatoms. The largest absolute Gasteiger partial charge is 0.390 e. The van der Waals surface area contributed by atoms with Crippen LogP contribution in [0.25, 0.3) is 0 Å². The van der Waals surface area contributed by atoms with Gasteiger partial charge in [-0.25, -0.2) is 0 Å². The van der Waals surface area contributed by atoms with Gasteiger partial charge in [0.25, 0.3) is 11.8 Å². The number of rotatable bonds is 3. The molecule has 2 saturated heterocycles. The standard InChI is InChI=1S/C17H18N4O5/c22-13-7-18-6-11(13)19-8-1-2-9-10(5-8)17(26)21(16(9)25)12-3-4-14(23)20-15(12)24/h1-2,5,11-13,18-19,22H,3-4,6-7H2,(H,20,23,24)/t11-,12?,13-/m1/s1. The molecule has 3 aliphatic heterocycles. The maximum atomic E-state index is 12.7. The van der Waals surface area contributed by atoms with E-state index in [-0.39, 0.29) is 30.0 Å². The van der Waals surface area contributed by atoms with E-state index in [2.05, 4.69) is 16.0 Å². The van der Waals surface area contributed by atoms with Crippen molar-refractivity contribution in [1.82, 2.24) is 15.5 Å². The van der Waals surface area contributed by atoms with Gasteiger partial charge in [0.15, 0.2) is 0 Å². The topological polar surface area (TPSA) is 128 Å². The molecule has 4 N–H and O–H groups in total. The molecule has 0 saturated carbocycles. The molecular weight excluding hydrogens is 340 g/mol. The van der Waals surface area contributed by atoms with Crippen LogP contribution in [0.5, 0.6) is 0 Å². The van der Waals surface area contributed by atoms with Crippen LogP contribution < -0.4 is 16.0 Å². The first-order chi connectivity index (χ1) is 12.5. The number of imide groups is 2. The zero-order chi connectivity index (χ0) is 18.4. The fourth-order valence-corrected chi connectivity index (χ4v) is 3.59. The van der Waals surface area contributed by atoms with E-state index in [4.69, 9.17) is 0 Å². The van der Waals surface area contributed by atoms with Crippen molar-refractivity contribution in [2.24, 2.45) is 0 Å². The van der Waals surface area contributed by atoms with Crippen molar-refractivity contribution in [3.8, 4) is 0 Å². The Balaban J connectivity index is 1.58. The molecule has 3 heterocycles. The lowest BCUT2D eigenvalue weighted by molar-refractivity contribution is -0.136. The van der Waals surface area contributed by atoms with Gasteiger partial charge in [0, 0.05) is 25.2 Å². The smallest absolute Gasteiger partial charge is 0.262 e. The number of β-amino-alcohol motifs (C(OH)–C–C–N with tert-alkyl or cyclic N) is 1. The van der Waals surface area contributed by atoms with Crippen molar-refractivity contribution in [2.45, 2.75) is 31.0 Å². The highest BCUT2D eigenvalue weighted by atomic mass is 16.3. The summed E-state index contributed by atoms with van der Waals surface area (Å²) in [6, 6.07) is 3.61. The Hall–Kier alpha value is -2.78. The predicted molar refractivity (Wildman–Crippen MR) is 89.4 cm³/mol. The van der Waals surface area contributed by atoms with Crippen molar-refractivity contribution in [3.05, 3.63) is 29.3 Å². The molecule has 0 aromatic heterocycles. The van der Waals surface area contributed by atoms with Crippen molar-refractivity contribution < 1.29 is 24.3 Å². The number of aliphatic hydroxyl groups is 1. The highest BCUT2D eigenvalue weighted by molar-refractivity contribution is 6.23. The third kappa shape index (κ3) is 2.65. The van der Waals surface area contributed by atoms with Gasteiger partial charge in [0.1, 0.15) is 6.04 Å². The summed E-state index contributed by atoms with van der Waals surface area (Å²) in [4.78, 5) is 49.6. The first-order valence-electron chi connectivity index (χ1n) is 8.46. The number of nitrogens with zero attached hydrogens (tertiary/aromatic N) is 1. The summed E-state index contributed by atoms with van der Waals surface area (Å²) in [5.41, 5.74) is 1.06. The number of hydrogen-bond donors (Lipinski definition) is 4. The van der Waals surface area contributed by atoms with Crippen molar-refractivity contribution in [1.29, 1.82) is 0 Å². The van der Waals surface area contributed by atoms with Crippen LogP contribution in [0.1, 0.15) is 33.6 Å². The fourth-order valence-electron chi connectivity index (χ4n) is 3.59. The van der Waals surface area contributed by atoms with Crippen molar-refractivity contribution in [2.75, 3.05) is 18.4 Å². The van der Waals surface area contributed by atoms with E-state index in [1.807, 2.05) is 0 Å². The molecule has 1 aromatic carbocycles. The minimum absolute atomic E-state index is 0.0865. The van der Waals surface area contributed by atoms with Crippen molar-refractivity contribution in [3.63, 3.8) is 0 Å². The summed E-state index contributed by atoms with van der Waals surface area (Å²) in [5, 5.41) is 18.2. The van der Waals surface area contributed by atoms with Gasteiger partial charge >= 0.3 is 0 Å². The molecule has 1 unspecified atom stereocenters. The lowest BCUT2D eigenvalue weighted by atomic mass is 10.0. The summed E-state index contributed by atoms with van der Waals surface area (Å²) in [6.07, 6.45) is -0.328. The molecule has 136 valence electrons. The Kier molecular flexibility index (Phi) is 3.97. The third-order valence-corrected chi connectivity index (χ3v) is 4.97. The number of benzene rings is 1. The Morgan fingerprint density at radius 3 is 2.54 bits per heavy atom. The van der Waals surface area contributed by atoms with Crippen molar-refractivity contribution >= 4 is 29.3 Å². The predicted octanol–water partition coefficient (Wildman–Crippen LogP) is -1.17. The van der Waals surface area contributed by atoms with Gasteiger partial charge in [0.2, 0.25) is 11.8 Å². The summed E-state index contributed by atoms with van der Waals surface area (Å²) < 4.78 is 0.